The van der Waals surface area contributed by atoms with Crippen molar-refractivity contribution in [3.05, 3.63) is 0 Å². The van der Waals surface area contributed by atoms with Crippen molar-refractivity contribution < 1.29 is 14.9 Å². The van der Waals surface area contributed by atoms with Gasteiger partial charge in [0.25, 0.3) is 0 Å². The molecule has 0 rings (SSSR count). The minimum atomic E-state index is -0.423. The van der Waals surface area contributed by atoms with E-state index in [-0.39, 0.29) is 0 Å². The highest BCUT2D eigenvalue weighted by Gasteiger charge is 2.09. The SMILES string of the molecule is CC(C)CCSCC(O)COCC(O)CC(C)C. The summed E-state index contributed by atoms with van der Waals surface area (Å²) in [5, 5.41) is 19.3. The molecule has 0 bridgehead atoms. The van der Waals surface area contributed by atoms with Gasteiger partial charge in [-0.15, -0.1) is 0 Å². The Kier molecular flexibility index (Phi) is 11.2. The summed E-state index contributed by atoms with van der Waals surface area (Å²) in [6.45, 7) is 9.20. The van der Waals surface area contributed by atoms with Gasteiger partial charge in [0, 0.05) is 5.75 Å². The van der Waals surface area contributed by atoms with Crippen molar-refractivity contribution >= 4 is 11.8 Å². The molecule has 2 atom stereocenters. The van der Waals surface area contributed by atoms with Crippen LogP contribution >= 0.6 is 11.8 Å². The molecule has 0 aliphatic carbocycles. The summed E-state index contributed by atoms with van der Waals surface area (Å²) in [7, 11) is 0. The second kappa shape index (κ2) is 11.1. The lowest BCUT2D eigenvalue weighted by Gasteiger charge is -2.15. The highest BCUT2D eigenvalue weighted by atomic mass is 32.2. The summed E-state index contributed by atoms with van der Waals surface area (Å²) >= 11 is 1.77. The molecule has 3 nitrogen and oxygen atoms in total. The van der Waals surface area contributed by atoms with Crippen LogP contribution in [0.3, 0.4) is 0 Å². The second-order valence-corrected chi connectivity index (χ2v) is 6.88. The van der Waals surface area contributed by atoms with Gasteiger partial charge in [-0.2, -0.15) is 11.8 Å². The predicted octanol–water partition coefficient (Wildman–Crippen LogP) is 2.55. The summed E-state index contributed by atoms with van der Waals surface area (Å²) in [5.41, 5.74) is 0. The van der Waals surface area contributed by atoms with Crippen molar-refractivity contribution in [2.75, 3.05) is 24.7 Å². The number of hydrogen-bond donors (Lipinski definition) is 2. The van der Waals surface area contributed by atoms with Crippen LogP contribution in [0.1, 0.15) is 40.5 Å². The van der Waals surface area contributed by atoms with Crippen LogP contribution in [-0.2, 0) is 4.74 Å². The number of thioether (sulfide) groups is 1. The summed E-state index contributed by atoms with van der Waals surface area (Å²) in [6, 6.07) is 0. The Morgan fingerprint density at radius 1 is 0.944 bits per heavy atom. The van der Waals surface area contributed by atoms with E-state index in [1.165, 1.54) is 6.42 Å². The van der Waals surface area contributed by atoms with E-state index >= 15 is 0 Å². The molecule has 0 heterocycles. The third kappa shape index (κ3) is 12.7. The van der Waals surface area contributed by atoms with E-state index in [9.17, 15) is 10.2 Å². The second-order valence-electron chi connectivity index (χ2n) is 5.73. The van der Waals surface area contributed by atoms with Crippen molar-refractivity contribution in [1.82, 2.24) is 0 Å². The third-order valence-electron chi connectivity index (χ3n) is 2.51. The predicted molar refractivity (Wildman–Crippen MR) is 79.1 cm³/mol. The summed E-state index contributed by atoms with van der Waals surface area (Å²) < 4.78 is 5.32. The van der Waals surface area contributed by atoms with Gasteiger partial charge in [-0.05, 0) is 30.4 Å². The molecule has 0 aliphatic rings. The quantitative estimate of drug-likeness (QED) is 0.570. The minimum absolute atomic E-state index is 0.323. The van der Waals surface area contributed by atoms with E-state index in [2.05, 4.69) is 27.7 Å². The zero-order valence-electron chi connectivity index (χ0n) is 12.3. The lowest BCUT2D eigenvalue weighted by Crippen LogP contribution is -2.24. The first kappa shape index (κ1) is 18.2. The van der Waals surface area contributed by atoms with Crippen LogP contribution in [-0.4, -0.2) is 47.1 Å². The Morgan fingerprint density at radius 2 is 1.56 bits per heavy atom. The van der Waals surface area contributed by atoms with Gasteiger partial charge in [-0.25, -0.2) is 0 Å². The Morgan fingerprint density at radius 3 is 2.11 bits per heavy atom. The van der Waals surface area contributed by atoms with E-state index in [1.807, 2.05) is 0 Å². The lowest BCUT2D eigenvalue weighted by molar-refractivity contribution is -0.00675. The van der Waals surface area contributed by atoms with Crippen LogP contribution in [0.15, 0.2) is 0 Å². The van der Waals surface area contributed by atoms with Crippen LogP contribution in [0.4, 0.5) is 0 Å². The van der Waals surface area contributed by atoms with Crippen molar-refractivity contribution in [3.63, 3.8) is 0 Å². The van der Waals surface area contributed by atoms with Gasteiger partial charge in [0.1, 0.15) is 0 Å². The fraction of sp³-hybridized carbons (Fsp3) is 1.00. The molecule has 0 saturated heterocycles. The molecule has 0 saturated carbocycles. The van der Waals surface area contributed by atoms with E-state index in [1.54, 1.807) is 11.8 Å². The van der Waals surface area contributed by atoms with E-state index in [0.29, 0.717) is 24.9 Å². The Balaban J connectivity index is 3.39. The zero-order chi connectivity index (χ0) is 14.0. The monoisotopic (exact) mass is 278 g/mol. The normalized spacial score (nSPS) is 15.3. The maximum atomic E-state index is 9.68. The van der Waals surface area contributed by atoms with Crippen LogP contribution in [0.25, 0.3) is 0 Å². The molecule has 2 N–H and O–H groups in total. The van der Waals surface area contributed by atoms with Gasteiger partial charge in [0.05, 0.1) is 25.4 Å². The Bertz CT molecular complexity index is 186. The summed E-state index contributed by atoms with van der Waals surface area (Å²) in [6.07, 6.45) is 1.10. The largest absolute Gasteiger partial charge is 0.391 e. The van der Waals surface area contributed by atoms with Crippen LogP contribution in [0.2, 0.25) is 0 Å². The summed E-state index contributed by atoms with van der Waals surface area (Å²) in [4.78, 5) is 0. The zero-order valence-corrected chi connectivity index (χ0v) is 13.1. The minimum Gasteiger partial charge on any atom is -0.391 e. The molecule has 0 aromatic carbocycles. The van der Waals surface area contributed by atoms with Crippen molar-refractivity contribution in [2.45, 2.75) is 52.7 Å². The average Bonchev–Trinajstić information content (AvgIpc) is 2.23. The number of ether oxygens (including phenoxy) is 1. The van der Waals surface area contributed by atoms with Crippen molar-refractivity contribution in [1.29, 1.82) is 0 Å². The first-order valence-corrected chi connectivity index (χ1v) is 8.08. The van der Waals surface area contributed by atoms with Gasteiger partial charge in [-0.3, -0.25) is 0 Å². The molecular weight excluding hydrogens is 248 g/mol. The molecular formula is C14H30O3S. The molecule has 110 valence electrons. The topological polar surface area (TPSA) is 49.7 Å². The number of hydrogen-bond acceptors (Lipinski definition) is 4. The molecule has 0 aliphatic heterocycles. The number of rotatable bonds is 11. The standard InChI is InChI=1S/C14H30O3S/c1-11(2)5-6-18-10-14(16)9-17-8-13(15)7-12(3)4/h11-16H,5-10H2,1-4H3. The highest BCUT2D eigenvalue weighted by molar-refractivity contribution is 7.99. The smallest absolute Gasteiger partial charge is 0.0863 e. The maximum Gasteiger partial charge on any atom is 0.0863 e. The average molecular weight is 278 g/mol. The van der Waals surface area contributed by atoms with Gasteiger partial charge >= 0.3 is 0 Å². The number of aliphatic hydroxyl groups is 2. The molecule has 0 amide bonds. The van der Waals surface area contributed by atoms with E-state index in [0.717, 1.165) is 18.1 Å². The fourth-order valence-corrected chi connectivity index (χ4v) is 2.71. The van der Waals surface area contributed by atoms with E-state index < -0.39 is 12.2 Å². The fourth-order valence-electron chi connectivity index (χ4n) is 1.54. The lowest BCUT2D eigenvalue weighted by atomic mass is 10.1. The van der Waals surface area contributed by atoms with Gasteiger partial charge in [0.2, 0.25) is 0 Å². The first-order valence-electron chi connectivity index (χ1n) is 6.93. The first-order chi connectivity index (χ1) is 8.41. The van der Waals surface area contributed by atoms with Crippen LogP contribution < -0.4 is 0 Å². The molecule has 18 heavy (non-hydrogen) atoms. The Labute approximate surface area is 116 Å². The van der Waals surface area contributed by atoms with E-state index in [4.69, 9.17) is 4.74 Å². The maximum absolute atomic E-state index is 9.68. The molecule has 0 radical (unpaired) electrons. The molecule has 0 aromatic rings. The molecule has 0 aromatic heterocycles. The molecule has 0 fully saturated rings. The number of aliphatic hydroxyl groups excluding tert-OH is 2. The van der Waals surface area contributed by atoms with Crippen LogP contribution in [0.5, 0.6) is 0 Å². The van der Waals surface area contributed by atoms with Gasteiger partial charge in [-0.1, -0.05) is 27.7 Å². The summed E-state index contributed by atoms with van der Waals surface area (Å²) in [5.74, 6) is 3.00. The van der Waals surface area contributed by atoms with Crippen molar-refractivity contribution in [2.24, 2.45) is 11.8 Å². The van der Waals surface area contributed by atoms with Crippen LogP contribution in [0, 0.1) is 11.8 Å². The van der Waals surface area contributed by atoms with Gasteiger partial charge in [0.15, 0.2) is 0 Å². The molecule has 2 unspecified atom stereocenters. The molecule has 4 heteroatoms. The Hall–Kier alpha value is 0.230. The van der Waals surface area contributed by atoms with Gasteiger partial charge < -0.3 is 14.9 Å². The highest BCUT2D eigenvalue weighted by Crippen LogP contribution is 2.10. The molecule has 0 spiro atoms. The third-order valence-corrected chi connectivity index (χ3v) is 3.66. The van der Waals surface area contributed by atoms with Crippen molar-refractivity contribution in [3.8, 4) is 0 Å².